The van der Waals surface area contributed by atoms with Gasteiger partial charge in [0.05, 0.1) is 10.6 Å². The standard InChI is InChI=1S/C12H19NO2S/c1-3-5-12(13)10-6-8-11(9-7-10)16(14,15)4-2/h6-9,12H,3-5,13H2,1-2H3. The number of hydrogen-bond acceptors (Lipinski definition) is 3. The monoisotopic (exact) mass is 241 g/mol. The first-order valence-electron chi connectivity index (χ1n) is 5.59. The first kappa shape index (κ1) is 13.2. The molecular formula is C12H19NO2S. The third kappa shape index (κ3) is 3.06. The molecule has 0 bridgehead atoms. The van der Waals surface area contributed by atoms with E-state index in [4.69, 9.17) is 5.73 Å². The van der Waals surface area contributed by atoms with Crippen LogP contribution in [0.15, 0.2) is 29.2 Å². The van der Waals surface area contributed by atoms with Crippen LogP contribution in [0.5, 0.6) is 0 Å². The van der Waals surface area contributed by atoms with Crippen LogP contribution < -0.4 is 5.73 Å². The lowest BCUT2D eigenvalue weighted by Gasteiger charge is -2.11. The van der Waals surface area contributed by atoms with Crippen molar-refractivity contribution in [3.05, 3.63) is 29.8 Å². The first-order chi connectivity index (χ1) is 7.51. The maximum Gasteiger partial charge on any atom is 0.178 e. The van der Waals surface area contributed by atoms with Crippen molar-refractivity contribution in [2.24, 2.45) is 5.73 Å². The van der Waals surface area contributed by atoms with Gasteiger partial charge in [-0.15, -0.1) is 0 Å². The zero-order chi connectivity index (χ0) is 12.2. The number of sulfone groups is 1. The van der Waals surface area contributed by atoms with Crippen LogP contribution in [-0.2, 0) is 9.84 Å². The highest BCUT2D eigenvalue weighted by Crippen LogP contribution is 2.18. The molecule has 2 N–H and O–H groups in total. The van der Waals surface area contributed by atoms with Crippen LogP contribution in [0, 0.1) is 0 Å². The van der Waals surface area contributed by atoms with Gasteiger partial charge in [-0.2, -0.15) is 0 Å². The summed E-state index contributed by atoms with van der Waals surface area (Å²) in [6.45, 7) is 3.72. The maximum atomic E-state index is 11.6. The van der Waals surface area contributed by atoms with Crippen molar-refractivity contribution in [1.29, 1.82) is 0 Å². The van der Waals surface area contributed by atoms with Gasteiger partial charge in [0.2, 0.25) is 0 Å². The van der Waals surface area contributed by atoms with E-state index in [1.165, 1.54) is 0 Å². The summed E-state index contributed by atoms with van der Waals surface area (Å²) in [6.07, 6.45) is 1.94. The lowest BCUT2D eigenvalue weighted by molar-refractivity contribution is 0.597. The minimum atomic E-state index is -3.09. The Morgan fingerprint density at radius 2 is 1.75 bits per heavy atom. The van der Waals surface area contributed by atoms with Gasteiger partial charge in [-0.05, 0) is 24.1 Å². The molecule has 3 nitrogen and oxygen atoms in total. The lowest BCUT2D eigenvalue weighted by Crippen LogP contribution is -2.10. The molecule has 0 fully saturated rings. The molecule has 90 valence electrons. The van der Waals surface area contributed by atoms with Crippen LogP contribution in [0.25, 0.3) is 0 Å². The summed E-state index contributed by atoms with van der Waals surface area (Å²) >= 11 is 0. The van der Waals surface area contributed by atoms with E-state index in [0.29, 0.717) is 4.90 Å². The summed E-state index contributed by atoms with van der Waals surface area (Å²) in [6, 6.07) is 6.91. The second kappa shape index (κ2) is 5.46. The van der Waals surface area contributed by atoms with Gasteiger partial charge in [0.25, 0.3) is 0 Å². The molecular weight excluding hydrogens is 222 g/mol. The van der Waals surface area contributed by atoms with Gasteiger partial charge in [0.1, 0.15) is 0 Å². The van der Waals surface area contributed by atoms with E-state index in [0.717, 1.165) is 18.4 Å². The predicted octanol–water partition coefficient (Wildman–Crippen LogP) is 2.28. The Hall–Kier alpha value is -0.870. The molecule has 16 heavy (non-hydrogen) atoms. The molecule has 1 unspecified atom stereocenters. The summed E-state index contributed by atoms with van der Waals surface area (Å²) in [5.74, 6) is 0.132. The second-order valence-electron chi connectivity index (χ2n) is 3.87. The predicted molar refractivity (Wildman–Crippen MR) is 66.0 cm³/mol. The molecule has 1 aromatic carbocycles. The number of nitrogens with two attached hydrogens (primary N) is 1. The molecule has 0 aliphatic heterocycles. The molecule has 0 radical (unpaired) electrons. The SMILES string of the molecule is CCCC(N)c1ccc(S(=O)(=O)CC)cc1. The summed E-state index contributed by atoms with van der Waals surface area (Å²) in [5, 5.41) is 0. The van der Waals surface area contributed by atoms with Crippen LogP contribution in [0.4, 0.5) is 0 Å². The van der Waals surface area contributed by atoms with Gasteiger partial charge in [-0.25, -0.2) is 8.42 Å². The summed E-state index contributed by atoms with van der Waals surface area (Å²) in [7, 11) is -3.09. The molecule has 0 amide bonds. The largest absolute Gasteiger partial charge is 0.324 e. The van der Waals surface area contributed by atoms with Crippen molar-refractivity contribution in [3.63, 3.8) is 0 Å². The first-order valence-corrected chi connectivity index (χ1v) is 7.24. The zero-order valence-corrected chi connectivity index (χ0v) is 10.6. The molecule has 1 rings (SSSR count). The van der Waals surface area contributed by atoms with E-state index in [1.807, 2.05) is 12.1 Å². The molecule has 0 aliphatic carbocycles. The Balaban J connectivity index is 2.91. The number of hydrogen-bond donors (Lipinski definition) is 1. The van der Waals surface area contributed by atoms with Crippen LogP contribution >= 0.6 is 0 Å². The minimum absolute atomic E-state index is 0.00313. The van der Waals surface area contributed by atoms with Gasteiger partial charge in [0.15, 0.2) is 9.84 Å². The zero-order valence-electron chi connectivity index (χ0n) is 9.81. The second-order valence-corrected chi connectivity index (χ2v) is 6.15. The third-order valence-electron chi connectivity index (χ3n) is 2.65. The molecule has 0 saturated carbocycles. The Morgan fingerprint density at radius 1 is 1.19 bits per heavy atom. The summed E-state index contributed by atoms with van der Waals surface area (Å²) in [4.78, 5) is 0.377. The van der Waals surface area contributed by atoms with Crippen molar-refractivity contribution in [3.8, 4) is 0 Å². The highest BCUT2D eigenvalue weighted by molar-refractivity contribution is 7.91. The molecule has 0 aromatic heterocycles. The Morgan fingerprint density at radius 3 is 2.19 bits per heavy atom. The molecule has 0 saturated heterocycles. The van der Waals surface area contributed by atoms with Crippen molar-refractivity contribution in [1.82, 2.24) is 0 Å². The van der Waals surface area contributed by atoms with E-state index >= 15 is 0 Å². The van der Waals surface area contributed by atoms with Crippen LogP contribution in [0.3, 0.4) is 0 Å². The van der Waals surface area contributed by atoms with Crippen molar-refractivity contribution in [2.75, 3.05) is 5.75 Å². The van der Waals surface area contributed by atoms with Gasteiger partial charge in [-0.1, -0.05) is 32.4 Å². The van der Waals surface area contributed by atoms with Gasteiger partial charge >= 0.3 is 0 Å². The Labute approximate surface area is 97.6 Å². The average molecular weight is 241 g/mol. The highest BCUT2D eigenvalue weighted by atomic mass is 32.2. The lowest BCUT2D eigenvalue weighted by atomic mass is 10.0. The molecule has 0 heterocycles. The molecule has 0 aliphatic rings. The summed E-state index contributed by atoms with van der Waals surface area (Å²) in [5.41, 5.74) is 6.94. The van der Waals surface area contributed by atoms with Gasteiger partial charge in [-0.3, -0.25) is 0 Å². The normalized spacial score (nSPS) is 13.7. The van der Waals surface area contributed by atoms with Crippen LogP contribution in [0.1, 0.15) is 38.3 Å². The van der Waals surface area contributed by atoms with Crippen molar-refractivity contribution < 1.29 is 8.42 Å². The fourth-order valence-electron chi connectivity index (χ4n) is 1.57. The number of benzene rings is 1. The van der Waals surface area contributed by atoms with Crippen molar-refractivity contribution in [2.45, 2.75) is 37.6 Å². The van der Waals surface area contributed by atoms with Crippen molar-refractivity contribution >= 4 is 9.84 Å². The quantitative estimate of drug-likeness (QED) is 0.860. The van der Waals surface area contributed by atoms with Crippen LogP contribution in [0.2, 0.25) is 0 Å². The van der Waals surface area contributed by atoms with E-state index in [2.05, 4.69) is 6.92 Å². The number of rotatable bonds is 5. The molecule has 0 spiro atoms. The third-order valence-corrected chi connectivity index (χ3v) is 4.40. The van der Waals surface area contributed by atoms with E-state index < -0.39 is 9.84 Å². The minimum Gasteiger partial charge on any atom is -0.324 e. The Kier molecular flexibility index (Phi) is 4.50. The van der Waals surface area contributed by atoms with Gasteiger partial charge < -0.3 is 5.73 Å². The fourth-order valence-corrected chi connectivity index (χ4v) is 2.45. The van der Waals surface area contributed by atoms with Gasteiger partial charge in [0, 0.05) is 6.04 Å². The molecule has 1 atom stereocenters. The molecule has 1 aromatic rings. The topological polar surface area (TPSA) is 60.2 Å². The molecule has 4 heteroatoms. The van der Waals surface area contributed by atoms with E-state index in [9.17, 15) is 8.42 Å². The highest BCUT2D eigenvalue weighted by Gasteiger charge is 2.12. The van der Waals surface area contributed by atoms with E-state index in [-0.39, 0.29) is 11.8 Å². The van der Waals surface area contributed by atoms with E-state index in [1.54, 1.807) is 19.1 Å². The van der Waals surface area contributed by atoms with Crippen LogP contribution in [-0.4, -0.2) is 14.2 Å². The summed E-state index contributed by atoms with van der Waals surface area (Å²) < 4.78 is 23.2. The fraction of sp³-hybridized carbons (Fsp3) is 0.500. The Bertz CT molecular complexity index is 423. The smallest absolute Gasteiger partial charge is 0.178 e. The maximum absolute atomic E-state index is 11.6. The average Bonchev–Trinajstić information content (AvgIpc) is 2.29.